The van der Waals surface area contributed by atoms with Gasteiger partial charge in [0, 0.05) is 36.7 Å². The van der Waals surface area contributed by atoms with Crippen LogP contribution in [0.2, 0.25) is 0 Å². The van der Waals surface area contributed by atoms with E-state index in [1.54, 1.807) is 23.1 Å². The van der Waals surface area contributed by atoms with E-state index in [9.17, 15) is 19.2 Å². The quantitative estimate of drug-likeness (QED) is 0.674. The lowest BCUT2D eigenvalue weighted by Crippen LogP contribution is -2.52. The van der Waals surface area contributed by atoms with E-state index in [0.717, 1.165) is 12.8 Å². The molecule has 1 atom stereocenters. The highest BCUT2D eigenvalue weighted by Crippen LogP contribution is 2.33. The smallest absolute Gasteiger partial charge is 0.260 e. The fraction of sp³-hybridized carbons (Fsp3) is 0.500. The molecular weight excluding hydrogens is 376 g/mol. The van der Waals surface area contributed by atoms with Crippen molar-refractivity contribution in [1.82, 2.24) is 15.1 Å². The molecule has 9 heteroatoms. The maximum absolute atomic E-state index is 12.8. The van der Waals surface area contributed by atoms with Gasteiger partial charge in [0.25, 0.3) is 11.8 Å². The average Bonchev–Trinajstić information content (AvgIpc) is 3.04. The summed E-state index contributed by atoms with van der Waals surface area (Å²) >= 11 is 0. The summed E-state index contributed by atoms with van der Waals surface area (Å²) in [5, 5.41) is 2.29. The Balaban J connectivity index is 1.44. The number of ether oxygens (including phenoxy) is 1. The maximum Gasteiger partial charge on any atom is 0.260 e. The second kappa shape index (κ2) is 7.82. The summed E-state index contributed by atoms with van der Waals surface area (Å²) in [6.07, 6.45) is 2.06. The summed E-state index contributed by atoms with van der Waals surface area (Å²) in [5.74, 6) is -0.690. The molecule has 3 heterocycles. The number of piperidine rings is 2. The minimum Gasteiger partial charge on any atom is -0.483 e. The summed E-state index contributed by atoms with van der Waals surface area (Å²) < 4.78 is 5.76. The molecule has 3 aliphatic heterocycles. The molecule has 0 saturated carbocycles. The van der Waals surface area contributed by atoms with Gasteiger partial charge in [-0.3, -0.25) is 24.5 Å². The summed E-state index contributed by atoms with van der Waals surface area (Å²) in [4.78, 5) is 52.0. The SMILES string of the molecule is NC1CCN(C(=O)COc2cccc3c2CN(C2CCC(=O)NC2=O)C3=O)CC1. The van der Waals surface area contributed by atoms with Crippen LogP contribution in [0.25, 0.3) is 0 Å². The van der Waals surface area contributed by atoms with Gasteiger partial charge in [0.15, 0.2) is 6.61 Å². The zero-order valence-electron chi connectivity index (χ0n) is 16.1. The molecule has 1 aromatic carbocycles. The summed E-state index contributed by atoms with van der Waals surface area (Å²) in [6.45, 7) is 1.34. The summed E-state index contributed by atoms with van der Waals surface area (Å²) in [5.41, 5.74) is 7.00. The van der Waals surface area contributed by atoms with Crippen LogP contribution in [0.4, 0.5) is 0 Å². The number of nitrogens with zero attached hydrogens (tertiary/aromatic N) is 2. The second-order valence-electron chi connectivity index (χ2n) is 7.69. The highest BCUT2D eigenvalue weighted by atomic mass is 16.5. The molecule has 1 unspecified atom stereocenters. The molecule has 9 nitrogen and oxygen atoms in total. The molecule has 2 fully saturated rings. The van der Waals surface area contributed by atoms with Crippen molar-refractivity contribution in [3.8, 4) is 5.75 Å². The number of likely N-dealkylation sites (tertiary alicyclic amines) is 1. The zero-order valence-corrected chi connectivity index (χ0v) is 16.1. The van der Waals surface area contributed by atoms with Crippen molar-refractivity contribution >= 4 is 23.6 Å². The van der Waals surface area contributed by atoms with Crippen LogP contribution in [0.15, 0.2) is 18.2 Å². The Bertz CT molecular complexity index is 862. The van der Waals surface area contributed by atoms with Crippen LogP contribution in [-0.4, -0.2) is 65.2 Å². The van der Waals surface area contributed by atoms with Gasteiger partial charge in [-0.25, -0.2) is 0 Å². The Morgan fingerprint density at radius 3 is 2.66 bits per heavy atom. The van der Waals surface area contributed by atoms with Gasteiger partial charge in [-0.1, -0.05) is 6.07 Å². The number of amides is 4. The molecule has 3 N–H and O–H groups in total. The van der Waals surface area contributed by atoms with Crippen molar-refractivity contribution in [2.24, 2.45) is 5.73 Å². The second-order valence-corrected chi connectivity index (χ2v) is 7.69. The van der Waals surface area contributed by atoms with Crippen molar-refractivity contribution < 1.29 is 23.9 Å². The highest BCUT2D eigenvalue weighted by Gasteiger charge is 2.40. The third kappa shape index (κ3) is 3.82. The van der Waals surface area contributed by atoms with E-state index in [-0.39, 0.29) is 43.3 Å². The van der Waals surface area contributed by atoms with Crippen LogP contribution in [-0.2, 0) is 20.9 Å². The number of carbonyl (C=O) groups is 4. The first-order valence-electron chi connectivity index (χ1n) is 9.86. The van der Waals surface area contributed by atoms with E-state index in [1.807, 2.05) is 0 Å². The van der Waals surface area contributed by atoms with E-state index < -0.39 is 11.9 Å². The molecule has 0 spiro atoms. The van der Waals surface area contributed by atoms with E-state index >= 15 is 0 Å². The number of imide groups is 1. The Labute approximate surface area is 168 Å². The molecule has 0 bridgehead atoms. The number of carbonyl (C=O) groups excluding carboxylic acids is 4. The predicted octanol–water partition coefficient (Wildman–Crippen LogP) is -0.224. The lowest BCUT2D eigenvalue weighted by Gasteiger charge is -2.30. The molecule has 0 radical (unpaired) electrons. The molecule has 4 amide bonds. The number of rotatable bonds is 4. The van der Waals surface area contributed by atoms with E-state index in [0.29, 0.717) is 36.4 Å². The molecule has 2 saturated heterocycles. The minimum absolute atomic E-state index is 0.110. The molecule has 4 rings (SSSR count). The molecule has 154 valence electrons. The zero-order chi connectivity index (χ0) is 20.5. The molecule has 0 aromatic heterocycles. The van der Waals surface area contributed by atoms with Crippen molar-refractivity contribution in [3.63, 3.8) is 0 Å². The van der Waals surface area contributed by atoms with Crippen LogP contribution < -0.4 is 15.8 Å². The number of hydrogen-bond donors (Lipinski definition) is 2. The topological polar surface area (TPSA) is 122 Å². The Kier molecular flexibility index (Phi) is 5.23. The number of hydrogen-bond acceptors (Lipinski definition) is 6. The van der Waals surface area contributed by atoms with Gasteiger partial charge >= 0.3 is 0 Å². The molecule has 3 aliphatic rings. The fourth-order valence-electron chi connectivity index (χ4n) is 4.07. The number of nitrogens with two attached hydrogens (primary N) is 1. The fourth-order valence-corrected chi connectivity index (χ4v) is 4.07. The maximum atomic E-state index is 12.8. The first-order chi connectivity index (χ1) is 13.9. The van der Waals surface area contributed by atoms with Crippen LogP contribution in [0, 0.1) is 0 Å². The third-order valence-electron chi connectivity index (χ3n) is 5.78. The van der Waals surface area contributed by atoms with Crippen LogP contribution in [0.1, 0.15) is 41.6 Å². The minimum atomic E-state index is -0.681. The monoisotopic (exact) mass is 400 g/mol. The lowest BCUT2D eigenvalue weighted by atomic mass is 10.0. The molecule has 1 aromatic rings. The van der Waals surface area contributed by atoms with Gasteiger partial charge in [-0.05, 0) is 31.4 Å². The first-order valence-corrected chi connectivity index (χ1v) is 9.86. The summed E-state index contributed by atoms with van der Waals surface area (Å²) in [7, 11) is 0. The van der Waals surface area contributed by atoms with Gasteiger partial charge in [0.1, 0.15) is 11.8 Å². The molecular formula is C20H24N4O5. The number of nitrogens with one attached hydrogen (secondary N) is 1. The van der Waals surface area contributed by atoms with Gasteiger partial charge in [0.2, 0.25) is 11.8 Å². The van der Waals surface area contributed by atoms with E-state index in [1.165, 1.54) is 4.90 Å². The predicted molar refractivity (Wildman–Crippen MR) is 102 cm³/mol. The van der Waals surface area contributed by atoms with Crippen molar-refractivity contribution in [2.45, 2.75) is 44.3 Å². The van der Waals surface area contributed by atoms with Crippen LogP contribution in [0.5, 0.6) is 5.75 Å². The Morgan fingerprint density at radius 1 is 1.17 bits per heavy atom. The van der Waals surface area contributed by atoms with Gasteiger partial charge in [-0.2, -0.15) is 0 Å². The van der Waals surface area contributed by atoms with Crippen LogP contribution in [0.3, 0.4) is 0 Å². The highest BCUT2D eigenvalue weighted by molar-refractivity contribution is 6.05. The molecule has 0 aliphatic carbocycles. The van der Waals surface area contributed by atoms with Crippen molar-refractivity contribution in [3.05, 3.63) is 29.3 Å². The Hall–Kier alpha value is -2.94. The van der Waals surface area contributed by atoms with E-state index in [4.69, 9.17) is 10.5 Å². The average molecular weight is 400 g/mol. The first kappa shape index (κ1) is 19.4. The standard InChI is InChI=1S/C20H24N4O5/c21-12-6-8-23(9-7-12)18(26)11-29-16-3-1-2-13-14(16)10-24(20(13)28)15-4-5-17(25)22-19(15)27/h1-3,12,15H,4-11,21H2,(H,22,25,27). The molecule has 29 heavy (non-hydrogen) atoms. The van der Waals surface area contributed by atoms with Gasteiger partial charge < -0.3 is 20.3 Å². The largest absolute Gasteiger partial charge is 0.483 e. The number of benzene rings is 1. The van der Waals surface area contributed by atoms with E-state index in [2.05, 4.69) is 5.32 Å². The van der Waals surface area contributed by atoms with Crippen LogP contribution >= 0.6 is 0 Å². The normalized spacial score (nSPS) is 22.5. The Morgan fingerprint density at radius 2 is 1.93 bits per heavy atom. The van der Waals surface area contributed by atoms with Gasteiger partial charge in [-0.15, -0.1) is 0 Å². The third-order valence-corrected chi connectivity index (χ3v) is 5.78. The summed E-state index contributed by atoms with van der Waals surface area (Å²) in [6, 6.07) is 4.56. The number of fused-ring (bicyclic) bond motifs is 1. The van der Waals surface area contributed by atoms with Crippen molar-refractivity contribution in [2.75, 3.05) is 19.7 Å². The van der Waals surface area contributed by atoms with Gasteiger partial charge in [0.05, 0.1) is 6.54 Å². The lowest BCUT2D eigenvalue weighted by molar-refractivity contribution is -0.137. The van der Waals surface area contributed by atoms with Crippen molar-refractivity contribution in [1.29, 1.82) is 0 Å².